The van der Waals surface area contributed by atoms with Crippen molar-refractivity contribution in [3.05, 3.63) is 22.6 Å². The number of imidazole rings is 1. The van der Waals surface area contributed by atoms with Crippen LogP contribution in [0, 0.1) is 17.1 Å². The summed E-state index contributed by atoms with van der Waals surface area (Å²) in [6, 6.07) is 2.52. The quantitative estimate of drug-likeness (QED) is 0.775. The molecule has 3 rings (SSSR count). The monoisotopic (exact) mass is 275 g/mol. The first-order chi connectivity index (χ1) is 8.98. The van der Waals surface area contributed by atoms with E-state index in [9.17, 15) is 0 Å². The number of hydrogen-bond acceptors (Lipinski definition) is 2. The van der Waals surface area contributed by atoms with Crippen molar-refractivity contribution in [3.8, 4) is 0 Å². The minimum atomic E-state index is 0.408. The van der Waals surface area contributed by atoms with Crippen LogP contribution in [0.25, 0.3) is 11.2 Å². The molecule has 2 heterocycles. The standard InChI is InChI=1S/C15H21N3S/c1-10-6-8-16-13-12(10)17-14(19)18(13)11-5-4-7-15(2,3)9-11/h6,8,11H,4-5,7,9H2,1-3H3,(H,17,19). The van der Waals surface area contributed by atoms with Crippen molar-refractivity contribution in [2.24, 2.45) is 5.41 Å². The van der Waals surface area contributed by atoms with Gasteiger partial charge in [-0.1, -0.05) is 20.3 Å². The molecule has 2 aromatic heterocycles. The molecule has 0 spiro atoms. The third-order valence-electron chi connectivity index (χ3n) is 4.36. The summed E-state index contributed by atoms with van der Waals surface area (Å²) in [5, 5.41) is 0. The molecule has 0 amide bonds. The second kappa shape index (κ2) is 4.44. The zero-order valence-electron chi connectivity index (χ0n) is 11.9. The second-order valence-electron chi connectivity index (χ2n) is 6.54. The van der Waals surface area contributed by atoms with E-state index in [0.717, 1.165) is 15.9 Å². The van der Waals surface area contributed by atoms with Crippen molar-refractivity contribution in [3.63, 3.8) is 0 Å². The van der Waals surface area contributed by atoms with Crippen molar-refractivity contribution in [1.29, 1.82) is 0 Å². The molecule has 0 aromatic carbocycles. The highest BCUT2D eigenvalue weighted by Crippen LogP contribution is 2.41. The molecule has 1 fully saturated rings. The van der Waals surface area contributed by atoms with Crippen molar-refractivity contribution < 1.29 is 0 Å². The molecule has 1 saturated carbocycles. The number of hydrogen-bond donors (Lipinski definition) is 1. The number of aromatic amines is 1. The van der Waals surface area contributed by atoms with Gasteiger partial charge in [0, 0.05) is 12.2 Å². The Kier molecular flexibility index (Phi) is 3.01. The van der Waals surface area contributed by atoms with E-state index in [1.165, 1.54) is 31.2 Å². The number of aromatic nitrogens is 3. The van der Waals surface area contributed by atoms with Gasteiger partial charge in [0.1, 0.15) is 0 Å². The zero-order chi connectivity index (χ0) is 13.6. The van der Waals surface area contributed by atoms with Crippen LogP contribution in [0.4, 0.5) is 0 Å². The minimum Gasteiger partial charge on any atom is -0.329 e. The van der Waals surface area contributed by atoms with Crippen molar-refractivity contribution in [2.45, 2.75) is 52.5 Å². The van der Waals surface area contributed by atoms with E-state index in [-0.39, 0.29) is 0 Å². The van der Waals surface area contributed by atoms with Crippen LogP contribution >= 0.6 is 12.2 Å². The maximum Gasteiger partial charge on any atom is 0.179 e. The van der Waals surface area contributed by atoms with Crippen LogP contribution < -0.4 is 0 Å². The number of fused-ring (bicyclic) bond motifs is 1. The maximum atomic E-state index is 5.54. The van der Waals surface area contributed by atoms with Crippen molar-refractivity contribution in [2.75, 3.05) is 0 Å². The van der Waals surface area contributed by atoms with Crippen LogP contribution in [0.3, 0.4) is 0 Å². The van der Waals surface area contributed by atoms with Gasteiger partial charge < -0.3 is 4.98 Å². The first-order valence-corrected chi connectivity index (χ1v) is 7.45. The summed E-state index contributed by atoms with van der Waals surface area (Å²) in [7, 11) is 0. The summed E-state index contributed by atoms with van der Waals surface area (Å²) in [5.41, 5.74) is 3.74. The van der Waals surface area contributed by atoms with Gasteiger partial charge in [-0.25, -0.2) is 4.98 Å². The average Bonchev–Trinajstić information content (AvgIpc) is 2.66. The van der Waals surface area contributed by atoms with Gasteiger partial charge in [0.05, 0.1) is 5.52 Å². The second-order valence-corrected chi connectivity index (χ2v) is 6.93. The molecule has 102 valence electrons. The van der Waals surface area contributed by atoms with E-state index >= 15 is 0 Å². The maximum absolute atomic E-state index is 5.54. The molecule has 1 atom stereocenters. The minimum absolute atomic E-state index is 0.408. The van der Waals surface area contributed by atoms with Gasteiger partial charge in [-0.2, -0.15) is 0 Å². The molecular weight excluding hydrogens is 254 g/mol. The molecule has 0 radical (unpaired) electrons. The van der Waals surface area contributed by atoms with Crippen LogP contribution in [0.5, 0.6) is 0 Å². The van der Waals surface area contributed by atoms with Gasteiger partial charge in [-0.3, -0.25) is 4.57 Å². The lowest BCUT2D eigenvalue weighted by Crippen LogP contribution is -2.25. The normalized spacial score (nSPS) is 22.8. The lowest BCUT2D eigenvalue weighted by molar-refractivity contribution is 0.184. The van der Waals surface area contributed by atoms with Crippen LogP contribution in [-0.4, -0.2) is 14.5 Å². The average molecular weight is 275 g/mol. The topological polar surface area (TPSA) is 33.6 Å². The summed E-state index contributed by atoms with van der Waals surface area (Å²) in [6.45, 7) is 6.82. The molecule has 19 heavy (non-hydrogen) atoms. The SMILES string of the molecule is Cc1ccnc2c1[nH]c(=S)n2C1CCCC(C)(C)C1. The molecular formula is C15H21N3S. The predicted octanol–water partition coefficient (Wildman–Crippen LogP) is 4.54. The molecule has 4 heteroatoms. The van der Waals surface area contributed by atoms with E-state index in [1.807, 2.05) is 12.3 Å². The van der Waals surface area contributed by atoms with Crippen LogP contribution in [0.2, 0.25) is 0 Å². The van der Waals surface area contributed by atoms with E-state index in [4.69, 9.17) is 12.2 Å². The summed E-state index contributed by atoms with van der Waals surface area (Å²) >= 11 is 5.54. The smallest absolute Gasteiger partial charge is 0.179 e. The Morgan fingerprint density at radius 3 is 3.00 bits per heavy atom. The van der Waals surface area contributed by atoms with Crippen molar-refractivity contribution >= 4 is 23.4 Å². The Morgan fingerprint density at radius 1 is 1.47 bits per heavy atom. The largest absolute Gasteiger partial charge is 0.329 e. The number of nitrogens with one attached hydrogen (secondary N) is 1. The lowest BCUT2D eigenvalue weighted by Gasteiger charge is -2.35. The summed E-state index contributed by atoms with van der Waals surface area (Å²) in [4.78, 5) is 7.89. The van der Waals surface area contributed by atoms with Gasteiger partial charge in [0.15, 0.2) is 10.4 Å². The van der Waals surface area contributed by atoms with Gasteiger partial charge in [-0.15, -0.1) is 0 Å². The molecule has 1 aliphatic carbocycles. The summed E-state index contributed by atoms with van der Waals surface area (Å²) in [5.74, 6) is 0. The number of aryl methyl sites for hydroxylation is 1. The third kappa shape index (κ3) is 2.22. The van der Waals surface area contributed by atoms with E-state index in [2.05, 4.69) is 35.3 Å². The molecule has 1 N–H and O–H groups in total. The Morgan fingerprint density at radius 2 is 2.26 bits per heavy atom. The lowest BCUT2D eigenvalue weighted by atomic mass is 9.75. The van der Waals surface area contributed by atoms with Crippen LogP contribution in [0.1, 0.15) is 51.1 Å². The highest BCUT2D eigenvalue weighted by atomic mass is 32.1. The Balaban J connectivity index is 2.12. The van der Waals surface area contributed by atoms with Crippen LogP contribution in [0.15, 0.2) is 12.3 Å². The van der Waals surface area contributed by atoms with Gasteiger partial charge in [0.25, 0.3) is 0 Å². The van der Waals surface area contributed by atoms with Gasteiger partial charge in [-0.05, 0) is 55.4 Å². The third-order valence-corrected chi connectivity index (χ3v) is 4.66. The Hall–Kier alpha value is -1.16. The van der Waals surface area contributed by atoms with Gasteiger partial charge >= 0.3 is 0 Å². The fourth-order valence-electron chi connectivity index (χ4n) is 3.36. The summed E-state index contributed by atoms with van der Waals surface area (Å²) in [6.07, 6.45) is 6.86. The molecule has 0 aliphatic heterocycles. The predicted molar refractivity (Wildman–Crippen MR) is 80.9 cm³/mol. The Bertz CT molecular complexity index is 666. The first kappa shape index (κ1) is 12.9. The van der Waals surface area contributed by atoms with Crippen molar-refractivity contribution in [1.82, 2.24) is 14.5 Å². The van der Waals surface area contributed by atoms with Gasteiger partial charge in [0.2, 0.25) is 0 Å². The summed E-state index contributed by atoms with van der Waals surface area (Å²) < 4.78 is 3.07. The molecule has 0 bridgehead atoms. The fraction of sp³-hybridized carbons (Fsp3) is 0.600. The van der Waals surface area contributed by atoms with E-state index < -0.39 is 0 Å². The number of rotatable bonds is 1. The van der Waals surface area contributed by atoms with Crippen LogP contribution in [-0.2, 0) is 0 Å². The first-order valence-electron chi connectivity index (χ1n) is 7.04. The molecule has 1 aliphatic rings. The number of H-pyrrole nitrogens is 1. The molecule has 2 aromatic rings. The fourth-order valence-corrected chi connectivity index (χ4v) is 3.70. The zero-order valence-corrected chi connectivity index (χ0v) is 12.7. The number of pyridine rings is 1. The highest BCUT2D eigenvalue weighted by molar-refractivity contribution is 7.71. The van der Waals surface area contributed by atoms with E-state index in [0.29, 0.717) is 11.5 Å². The highest BCUT2D eigenvalue weighted by Gasteiger charge is 2.30. The molecule has 1 unspecified atom stereocenters. The van der Waals surface area contributed by atoms with E-state index in [1.54, 1.807) is 0 Å². The number of nitrogens with zero attached hydrogens (tertiary/aromatic N) is 2. The molecule has 0 saturated heterocycles. The molecule has 3 nitrogen and oxygen atoms in total. The Labute approximate surface area is 119 Å².